The normalized spacial score (nSPS) is 10.4. The van der Waals surface area contributed by atoms with E-state index >= 15 is 0 Å². The van der Waals surface area contributed by atoms with Gasteiger partial charge in [-0.25, -0.2) is 0 Å². The smallest absolute Gasteiger partial charge is 0.270 e. The number of nitrogens with zero attached hydrogens (tertiary/aromatic N) is 2. The van der Waals surface area contributed by atoms with Crippen LogP contribution in [0.5, 0.6) is 11.5 Å². The molecule has 0 spiro atoms. The van der Waals surface area contributed by atoms with Crippen LogP contribution in [-0.2, 0) is 0 Å². The molecule has 0 bridgehead atoms. The molecule has 3 aromatic rings. The molecule has 0 aliphatic heterocycles. The van der Waals surface area contributed by atoms with Crippen LogP contribution in [0.2, 0.25) is 0 Å². The van der Waals surface area contributed by atoms with Crippen molar-refractivity contribution in [3.8, 4) is 22.8 Å². The van der Waals surface area contributed by atoms with Crippen molar-refractivity contribution in [1.82, 2.24) is 10.2 Å². The van der Waals surface area contributed by atoms with Gasteiger partial charge in [0, 0.05) is 29.3 Å². The second-order valence-electron chi connectivity index (χ2n) is 5.73. The number of carbonyl (C=O) groups excluding carboxylic acids is 1. The first kappa shape index (κ1) is 18.9. The molecule has 144 valence electrons. The Labute approximate surface area is 160 Å². The van der Waals surface area contributed by atoms with E-state index in [2.05, 4.69) is 15.5 Å². The highest BCUT2D eigenvalue weighted by molar-refractivity contribution is 6.04. The topological polar surface area (TPSA) is 119 Å². The minimum Gasteiger partial charge on any atom is -0.493 e. The van der Waals surface area contributed by atoms with E-state index in [1.807, 2.05) is 6.92 Å². The number of methoxy groups -OCH3 is 1. The number of carbonyl (C=O) groups is 1. The predicted octanol–water partition coefficient (Wildman–Crippen LogP) is 3.64. The molecule has 0 aliphatic carbocycles. The maximum atomic E-state index is 12.5. The molecule has 1 amide bonds. The van der Waals surface area contributed by atoms with E-state index in [1.165, 1.54) is 19.2 Å². The van der Waals surface area contributed by atoms with Gasteiger partial charge in [0.1, 0.15) is 0 Å². The van der Waals surface area contributed by atoms with E-state index in [-0.39, 0.29) is 11.6 Å². The number of benzene rings is 2. The standard InChI is InChI=1S/C19H18N4O5/c1-3-28-17-10-13(7-8-16(17)27-2)19(24)20-18-11-15(21-22-18)12-5-4-6-14(9-12)23(25)26/h4-11H,3H2,1-2H3,(H2,20,21,22,24). The molecule has 9 nitrogen and oxygen atoms in total. The van der Waals surface area contributed by atoms with Crippen LogP contribution in [0.15, 0.2) is 48.5 Å². The van der Waals surface area contributed by atoms with Gasteiger partial charge >= 0.3 is 0 Å². The molecule has 0 unspecified atom stereocenters. The van der Waals surface area contributed by atoms with Crippen molar-refractivity contribution in [3.05, 3.63) is 64.2 Å². The first-order valence-corrected chi connectivity index (χ1v) is 8.44. The van der Waals surface area contributed by atoms with Gasteiger partial charge in [-0.1, -0.05) is 12.1 Å². The highest BCUT2D eigenvalue weighted by Gasteiger charge is 2.14. The van der Waals surface area contributed by atoms with E-state index in [9.17, 15) is 14.9 Å². The molecule has 0 radical (unpaired) electrons. The van der Waals surface area contributed by atoms with Gasteiger partial charge in [-0.05, 0) is 25.1 Å². The Morgan fingerprint density at radius 3 is 2.75 bits per heavy atom. The third-order valence-corrected chi connectivity index (χ3v) is 3.91. The lowest BCUT2D eigenvalue weighted by Gasteiger charge is -2.10. The van der Waals surface area contributed by atoms with E-state index in [0.717, 1.165) is 0 Å². The highest BCUT2D eigenvalue weighted by Crippen LogP contribution is 2.29. The summed E-state index contributed by atoms with van der Waals surface area (Å²) in [6.07, 6.45) is 0. The number of amides is 1. The van der Waals surface area contributed by atoms with Crippen LogP contribution in [-0.4, -0.2) is 34.7 Å². The van der Waals surface area contributed by atoms with Crippen LogP contribution < -0.4 is 14.8 Å². The van der Waals surface area contributed by atoms with Gasteiger partial charge in [0.2, 0.25) is 0 Å². The van der Waals surface area contributed by atoms with E-state index in [1.54, 1.807) is 36.4 Å². The molecule has 1 heterocycles. The fourth-order valence-electron chi connectivity index (χ4n) is 2.60. The molecule has 2 aromatic carbocycles. The largest absolute Gasteiger partial charge is 0.493 e. The van der Waals surface area contributed by atoms with Crippen molar-refractivity contribution in [2.24, 2.45) is 0 Å². The van der Waals surface area contributed by atoms with Gasteiger partial charge in [-0.3, -0.25) is 20.0 Å². The number of ether oxygens (including phenoxy) is 2. The van der Waals surface area contributed by atoms with Gasteiger partial charge in [-0.15, -0.1) is 0 Å². The summed E-state index contributed by atoms with van der Waals surface area (Å²) < 4.78 is 10.7. The zero-order chi connectivity index (χ0) is 20.1. The lowest BCUT2D eigenvalue weighted by molar-refractivity contribution is -0.384. The number of nitro groups is 1. The molecule has 0 atom stereocenters. The number of nitro benzene ring substituents is 1. The van der Waals surface area contributed by atoms with Crippen LogP contribution in [0.3, 0.4) is 0 Å². The van der Waals surface area contributed by atoms with Crippen molar-refractivity contribution in [1.29, 1.82) is 0 Å². The molecule has 0 aliphatic rings. The zero-order valence-corrected chi connectivity index (χ0v) is 15.3. The summed E-state index contributed by atoms with van der Waals surface area (Å²) in [6, 6.07) is 12.6. The summed E-state index contributed by atoms with van der Waals surface area (Å²) in [6.45, 7) is 2.28. The van der Waals surface area contributed by atoms with Crippen molar-refractivity contribution >= 4 is 17.4 Å². The summed E-state index contributed by atoms with van der Waals surface area (Å²) >= 11 is 0. The van der Waals surface area contributed by atoms with Gasteiger partial charge in [-0.2, -0.15) is 5.10 Å². The molecule has 2 N–H and O–H groups in total. The molecular formula is C19H18N4O5. The summed E-state index contributed by atoms with van der Waals surface area (Å²) in [5.74, 6) is 0.920. The molecule has 28 heavy (non-hydrogen) atoms. The molecule has 0 saturated heterocycles. The maximum Gasteiger partial charge on any atom is 0.270 e. The number of hydrogen-bond donors (Lipinski definition) is 2. The Balaban J connectivity index is 1.78. The number of H-pyrrole nitrogens is 1. The van der Waals surface area contributed by atoms with Crippen LogP contribution in [0.4, 0.5) is 11.5 Å². The fourth-order valence-corrected chi connectivity index (χ4v) is 2.60. The Bertz CT molecular complexity index is 1020. The average molecular weight is 382 g/mol. The van der Waals surface area contributed by atoms with Crippen molar-refractivity contribution < 1.29 is 19.2 Å². The Hall–Kier alpha value is -3.88. The number of nitrogens with one attached hydrogen (secondary N) is 2. The average Bonchev–Trinajstić information content (AvgIpc) is 3.16. The molecule has 9 heteroatoms. The number of aromatic amines is 1. The second-order valence-corrected chi connectivity index (χ2v) is 5.73. The third kappa shape index (κ3) is 4.09. The number of anilines is 1. The zero-order valence-electron chi connectivity index (χ0n) is 15.3. The second kappa shape index (κ2) is 8.21. The summed E-state index contributed by atoms with van der Waals surface area (Å²) in [5, 5.41) is 20.4. The van der Waals surface area contributed by atoms with Crippen molar-refractivity contribution in [2.75, 3.05) is 19.0 Å². The van der Waals surface area contributed by atoms with Crippen molar-refractivity contribution in [3.63, 3.8) is 0 Å². The van der Waals surface area contributed by atoms with Gasteiger partial charge in [0.25, 0.3) is 11.6 Å². The van der Waals surface area contributed by atoms with Gasteiger partial charge < -0.3 is 14.8 Å². The third-order valence-electron chi connectivity index (χ3n) is 3.91. The summed E-state index contributed by atoms with van der Waals surface area (Å²) in [4.78, 5) is 23.0. The molecule has 0 fully saturated rings. The lowest BCUT2D eigenvalue weighted by atomic mass is 10.1. The molecule has 3 rings (SSSR count). The maximum absolute atomic E-state index is 12.5. The molecule has 1 aromatic heterocycles. The van der Waals surface area contributed by atoms with E-state index in [0.29, 0.717) is 40.7 Å². The number of aromatic nitrogens is 2. The SMILES string of the molecule is CCOc1cc(C(=O)Nc2cc(-c3cccc([N+](=O)[O-])c3)[nH]n2)ccc1OC. The molecular weight excluding hydrogens is 364 g/mol. The number of rotatable bonds is 7. The van der Waals surface area contributed by atoms with Crippen LogP contribution >= 0.6 is 0 Å². The first-order valence-electron chi connectivity index (χ1n) is 8.44. The van der Waals surface area contributed by atoms with Crippen LogP contribution in [0.25, 0.3) is 11.3 Å². The highest BCUT2D eigenvalue weighted by atomic mass is 16.6. The Morgan fingerprint density at radius 1 is 1.21 bits per heavy atom. The number of hydrogen-bond acceptors (Lipinski definition) is 6. The predicted molar refractivity (Wildman–Crippen MR) is 103 cm³/mol. The lowest BCUT2D eigenvalue weighted by Crippen LogP contribution is -2.12. The molecule has 0 saturated carbocycles. The Morgan fingerprint density at radius 2 is 2.04 bits per heavy atom. The van der Waals surface area contributed by atoms with Crippen molar-refractivity contribution in [2.45, 2.75) is 6.92 Å². The number of non-ortho nitro benzene ring substituents is 1. The van der Waals surface area contributed by atoms with Crippen LogP contribution in [0, 0.1) is 10.1 Å². The quantitative estimate of drug-likeness (QED) is 0.475. The Kier molecular flexibility index (Phi) is 5.54. The first-order chi connectivity index (χ1) is 13.5. The van der Waals surface area contributed by atoms with E-state index < -0.39 is 4.92 Å². The summed E-state index contributed by atoms with van der Waals surface area (Å²) in [5.41, 5.74) is 1.48. The monoisotopic (exact) mass is 382 g/mol. The van der Waals surface area contributed by atoms with Gasteiger partial charge in [0.15, 0.2) is 17.3 Å². The van der Waals surface area contributed by atoms with Gasteiger partial charge in [0.05, 0.1) is 24.3 Å². The van der Waals surface area contributed by atoms with Crippen LogP contribution in [0.1, 0.15) is 17.3 Å². The van der Waals surface area contributed by atoms with E-state index in [4.69, 9.17) is 9.47 Å². The summed E-state index contributed by atoms with van der Waals surface area (Å²) in [7, 11) is 1.52. The minimum atomic E-state index is -0.470. The fraction of sp³-hybridized carbons (Fsp3) is 0.158. The minimum absolute atomic E-state index is 0.0284.